The minimum atomic E-state index is -0.735. The molecular weight excluding hydrogens is 358 g/mol. The molecule has 1 aliphatic rings. The van der Waals surface area contributed by atoms with Crippen LogP contribution in [0.4, 0.5) is 5.69 Å². The van der Waals surface area contributed by atoms with Crippen molar-refractivity contribution < 1.29 is 13.9 Å². The lowest BCUT2D eigenvalue weighted by molar-refractivity contribution is -0.114. The van der Waals surface area contributed by atoms with Crippen LogP contribution in [0.2, 0.25) is 0 Å². The number of benzene rings is 2. The van der Waals surface area contributed by atoms with E-state index in [1.165, 1.54) is 6.92 Å². The summed E-state index contributed by atoms with van der Waals surface area (Å²) in [4.78, 5) is 24.0. The first kappa shape index (κ1) is 17.4. The molecule has 4 rings (SSSR count). The van der Waals surface area contributed by atoms with Crippen molar-refractivity contribution in [3.8, 4) is 11.8 Å². The van der Waals surface area contributed by atoms with Crippen LogP contribution in [0.15, 0.2) is 69.2 Å². The quantitative estimate of drug-likeness (QED) is 0.667. The molecule has 1 atom stereocenters. The Hall–Kier alpha value is -4.05. The van der Waals surface area contributed by atoms with Gasteiger partial charge in [0, 0.05) is 12.6 Å². The van der Waals surface area contributed by atoms with Gasteiger partial charge in [0.1, 0.15) is 17.2 Å². The molecule has 2 heterocycles. The van der Waals surface area contributed by atoms with Gasteiger partial charge >= 0.3 is 5.63 Å². The fourth-order valence-electron chi connectivity index (χ4n) is 3.36. The third kappa shape index (κ3) is 2.77. The van der Waals surface area contributed by atoms with Gasteiger partial charge in [0.05, 0.1) is 16.9 Å². The second kappa shape index (κ2) is 6.59. The SMILES string of the molecule is CC(=O)Nc1ccc([C@@H]2C(C#N)=C(N)Oc3c2c(=O)oc2ccccc32)cc1. The summed E-state index contributed by atoms with van der Waals surface area (Å²) in [6.07, 6.45) is 0. The van der Waals surface area contributed by atoms with Crippen molar-refractivity contribution in [2.75, 3.05) is 5.32 Å². The summed E-state index contributed by atoms with van der Waals surface area (Å²) in [5.41, 5.74) is 7.40. The number of carbonyl (C=O) groups is 1. The van der Waals surface area contributed by atoms with E-state index in [-0.39, 0.29) is 22.9 Å². The minimum absolute atomic E-state index is 0.0540. The topological polar surface area (TPSA) is 118 Å². The molecule has 0 fully saturated rings. The number of anilines is 1. The molecule has 3 aromatic rings. The number of nitrogens with two attached hydrogens (primary N) is 1. The summed E-state index contributed by atoms with van der Waals surface area (Å²) >= 11 is 0. The summed E-state index contributed by atoms with van der Waals surface area (Å²) in [6.45, 7) is 1.41. The lowest BCUT2D eigenvalue weighted by Crippen LogP contribution is -2.26. The number of allylic oxidation sites excluding steroid dienone is 1. The molecule has 1 aliphatic heterocycles. The van der Waals surface area contributed by atoms with Crippen LogP contribution in [0.3, 0.4) is 0 Å². The highest BCUT2D eigenvalue weighted by Gasteiger charge is 2.35. The first-order valence-corrected chi connectivity index (χ1v) is 8.50. The van der Waals surface area contributed by atoms with Gasteiger partial charge in [-0.25, -0.2) is 4.79 Å². The molecule has 28 heavy (non-hydrogen) atoms. The van der Waals surface area contributed by atoms with E-state index in [2.05, 4.69) is 5.32 Å². The fraction of sp³-hybridized carbons (Fsp3) is 0.0952. The molecule has 0 saturated heterocycles. The van der Waals surface area contributed by atoms with Gasteiger partial charge in [-0.3, -0.25) is 4.79 Å². The van der Waals surface area contributed by atoms with Crippen LogP contribution in [0.5, 0.6) is 5.75 Å². The summed E-state index contributed by atoms with van der Waals surface area (Å²) < 4.78 is 11.1. The van der Waals surface area contributed by atoms with Crippen LogP contribution >= 0.6 is 0 Å². The zero-order chi connectivity index (χ0) is 19.8. The average molecular weight is 373 g/mol. The molecule has 1 aromatic heterocycles. The van der Waals surface area contributed by atoms with E-state index in [4.69, 9.17) is 14.9 Å². The molecule has 2 aromatic carbocycles. The normalized spacial score (nSPS) is 15.5. The summed E-state index contributed by atoms with van der Waals surface area (Å²) in [5.74, 6) is -0.694. The number of hydrogen-bond donors (Lipinski definition) is 2. The van der Waals surface area contributed by atoms with Crippen molar-refractivity contribution in [3.63, 3.8) is 0 Å². The van der Waals surface area contributed by atoms with Crippen LogP contribution in [-0.4, -0.2) is 5.91 Å². The molecule has 138 valence electrons. The molecule has 0 saturated carbocycles. The Morgan fingerprint density at radius 3 is 2.57 bits per heavy atom. The average Bonchev–Trinajstić information content (AvgIpc) is 2.67. The van der Waals surface area contributed by atoms with Crippen LogP contribution < -0.4 is 21.4 Å². The van der Waals surface area contributed by atoms with Gasteiger partial charge in [0.25, 0.3) is 0 Å². The molecule has 7 nitrogen and oxygen atoms in total. The standard InChI is InChI=1S/C21H15N3O4/c1-11(25)24-13-8-6-12(7-9-13)17-15(10-22)20(23)28-19-14-4-2-3-5-16(14)27-21(26)18(17)19/h2-9,17H,23H2,1H3,(H,24,25)/t17-/m1/s1. The maximum atomic E-state index is 12.8. The number of hydrogen-bond acceptors (Lipinski definition) is 6. The first-order valence-electron chi connectivity index (χ1n) is 8.50. The van der Waals surface area contributed by atoms with Crippen molar-refractivity contribution >= 4 is 22.6 Å². The molecular formula is C21H15N3O4. The molecule has 0 aliphatic carbocycles. The van der Waals surface area contributed by atoms with Gasteiger partial charge in [-0.1, -0.05) is 24.3 Å². The molecule has 0 radical (unpaired) electrons. The third-order valence-corrected chi connectivity index (χ3v) is 4.54. The van der Waals surface area contributed by atoms with E-state index in [1.54, 1.807) is 48.5 Å². The number of amides is 1. The van der Waals surface area contributed by atoms with Gasteiger partial charge in [-0.2, -0.15) is 5.26 Å². The van der Waals surface area contributed by atoms with Crippen molar-refractivity contribution in [1.82, 2.24) is 0 Å². The van der Waals surface area contributed by atoms with E-state index in [1.807, 2.05) is 6.07 Å². The Labute approximate surface area is 159 Å². The maximum absolute atomic E-state index is 12.8. The molecule has 7 heteroatoms. The van der Waals surface area contributed by atoms with Crippen molar-refractivity contribution in [2.45, 2.75) is 12.8 Å². The van der Waals surface area contributed by atoms with Gasteiger partial charge in [0.15, 0.2) is 5.75 Å². The lowest BCUT2D eigenvalue weighted by atomic mass is 9.84. The smallest absolute Gasteiger partial charge is 0.344 e. The number of nitriles is 1. The molecule has 0 bridgehead atoms. The van der Waals surface area contributed by atoms with Crippen molar-refractivity contribution in [2.24, 2.45) is 5.73 Å². The highest BCUT2D eigenvalue weighted by molar-refractivity contribution is 5.89. The van der Waals surface area contributed by atoms with Crippen molar-refractivity contribution in [3.05, 3.63) is 81.5 Å². The van der Waals surface area contributed by atoms with Crippen LogP contribution in [-0.2, 0) is 4.79 Å². The monoisotopic (exact) mass is 373 g/mol. The second-order valence-corrected chi connectivity index (χ2v) is 6.36. The van der Waals surface area contributed by atoms with Gasteiger partial charge in [0.2, 0.25) is 11.8 Å². The van der Waals surface area contributed by atoms with E-state index in [0.29, 0.717) is 28.0 Å². The number of ether oxygens (including phenoxy) is 1. The summed E-state index contributed by atoms with van der Waals surface area (Å²) in [7, 11) is 0. The van der Waals surface area contributed by atoms with Crippen molar-refractivity contribution in [1.29, 1.82) is 5.26 Å². The summed E-state index contributed by atoms with van der Waals surface area (Å²) in [5, 5.41) is 12.9. The number of nitrogens with zero attached hydrogens (tertiary/aromatic N) is 1. The Bertz CT molecular complexity index is 1230. The van der Waals surface area contributed by atoms with Gasteiger partial charge in [-0.05, 0) is 29.8 Å². The number of rotatable bonds is 2. The highest BCUT2D eigenvalue weighted by Crippen LogP contribution is 2.43. The third-order valence-electron chi connectivity index (χ3n) is 4.54. The van der Waals surface area contributed by atoms with E-state index < -0.39 is 11.5 Å². The minimum Gasteiger partial charge on any atom is -0.439 e. The maximum Gasteiger partial charge on any atom is 0.344 e. The molecule has 0 spiro atoms. The Morgan fingerprint density at radius 1 is 1.18 bits per heavy atom. The second-order valence-electron chi connectivity index (χ2n) is 6.36. The van der Waals surface area contributed by atoms with E-state index in [0.717, 1.165) is 0 Å². The van der Waals surface area contributed by atoms with Crippen LogP contribution in [0.25, 0.3) is 11.0 Å². The molecule has 3 N–H and O–H groups in total. The number of nitrogens with one attached hydrogen (secondary N) is 1. The van der Waals surface area contributed by atoms with Gasteiger partial charge < -0.3 is 20.2 Å². The molecule has 0 unspecified atom stereocenters. The predicted octanol–water partition coefficient (Wildman–Crippen LogP) is 2.97. The first-order chi connectivity index (χ1) is 13.5. The zero-order valence-corrected chi connectivity index (χ0v) is 14.9. The van der Waals surface area contributed by atoms with E-state index in [9.17, 15) is 14.9 Å². The number of carbonyl (C=O) groups excluding carboxylic acids is 1. The number of para-hydroxylation sites is 1. The molecule has 1 amide bonds. The van der Waals surface area contributed by atoms with Gasteiger partial charge in [-0.15, -0.1) is 0 Å². The fourth-order valence-corrected chi connectivity index (χ4v) is 3.36. The zero-order valence-electron chi connectivity index (χ0n) is 14.9. The Kier molecular flexibility index (Phi) is 4.09. The highest BCUT2D eigenvalue weighted by atomic mass is 16.5. The van der Waals surface area contributed by atoms with Crippen LogP contribution in [0.1, 0.15) is 24.0 Å². The van der Waals surface area contributed by atoms with E-state index >= 15 is 0 Å². The predicted molar refractivity (Wildman–Crippen MR) is 103 cm³/mol. The Morgan fingerprint density at radius 2 is 1.89 bits per heavy atom. The summed E-state index contributed by atoms with van der Waals surface area (Å²) in [6, 6.07) is 15.9. The van der Waals surface area contributed by atoms with Crippen LogP contribution in [0, 0.1) is 11.3 Å². The lowest BCUT2D eigenvalue weighted by Gasteiger charge is -2.26. The number of fused-ring (bicyclic) bond motifs is 3. The Balaban J connectivity index is 1.94. The largest absolute Gasteiger partial charge is 0.439 e.